The summed E-state index contributed by atoms with van der Waals surface area (Å²) in [7, 11) is 3.23. The Labute approximate surface area is 168 Å². The molecule has 0 fully saturated rings. The van der Waals surface area contributed by atoms with Gasteiger partial charge in [-0.15, -0.1) is 0 Å². The number of halogens is 1. The monoisotopic (exact) mass is 394 g/mol. The molecule has 150 valence electrons. The van der Waals surface area contributed by atoms with Crippen molar-refractivity contribution in [3.05, 3.63) is 54.1 Å². The quantitative estimate of drug-likeness (QED) is 0.697. The van der Waals surface area contributed by atoms with Gasteiger partial charge >= 0.3 is 0 Å². The topological polar surface area (TPSA) is 70.2 Å². The highest BCUT2D eigenvalue weighted by Gasteiger charge is 2.18. The third-order valence-corrected chi connectivity index (χ3v) is 5.27. The summed E-state index contributed by atoms with van der Waals surface area (Å²) in [6, 6.07) is 8.44. The number of hydrogen-bond acceptors (Lipinski definition) is 4. The summed E-state index contributed by atoms with van der Waals surface area (Å²) in [5, 5.41) is 3.57. The van der Waals surface area contributed by atoms with Gasteiger partial charge in [0.1, 0.15) is 17.2 Å². The maximum absolute atomic E-state index is 13.9. The van der Waals surface area contributed by atoms with Crippen LogP contribution in [-0.4, -0.2) is 54.6 Å². The van der Waals surface area contributed by atoms with E-state index in [2.05, 4.69) is 32.3 Å². The summed E-state index contributed by atoms with van der Waals surface area (Å²) in [5.74, 6) is 0.321. The molecule has 0 saturated carbocycles. The van der Waals surface area contributed by atoms with Crippen molar-refractivity contribution in [3.8, 4) is 16.9 Å². The predicted molar refractivity (Wildman–Crippen MR) is 111 cm³/mol. The number of amides is 1. The standard InChI is InChI=1S/C22H23FN4O2/c1-24-21(28)13-27-9-6-14(7-10-27)19-12-18-16(5-8-25-22(18)26-19)17-11-15(23)3-4-20(17)29-2/h3-6,8,11-12H,7,9-10,13H2,1-2H3,(H,24,28)(H,25,26). The lowest BCUT2D eigenvalue weighted by Crippen LogP contribution is -2.37. The Morgan fingerprint density at radius 2 is 2.17 bits per heavy atom. The van der Waals surface area contributed by atoms with Crippen LogP contribution in [0.4, 0.5) is 4.39 Å². The molecule has 7 heteroatoms. The van der Waals surface area contributed by atoms with Crippen LogP contribution in [0.2, 0.25) is 0 Å². The average molecular weight is 394 g/mol. The number of likely N-dealkylation sites (N-methyl/N-ethyl adjacent to an activating group) is 1. The second kappa shape index (κ2) is 8.05. The van der Waals surface area contributed by atoms with Gasteiger partial charge < -0.3 is 15.0 Å². The van der Waals surface area contributed by atoms with E-state index in [-0.39, 0.29) is 11.7 Å². The number of aromatic nitrogens is 2. The zero-order valence-corrected chi connectivity index (χ0v) is 16.5. The molecule has 3 aromatic rings. The summed E-state index contributed by atoms with van der Waals surface area (Å²) in [6.45, 7) is 1.93. The number of nitrogens with one attached hydrogen (secondary N) is 2. The normalized spacial score (nSPS) is 14.7. The van der Waals surface area contributed by atoms with Crippen LogP contribution in [0.15, 0.2) is 42.6 Å². The van der Waals surface area contributed by atoms with E-state index in [1.807, 2.05) is 6.07 Å². The zero-order chi connectivity index (χ0) is 20.4. The minimum Gasteiger partial charge on any atom is -0.496 e. The molecular formula is C22H23FN4O2. The molecule has 2 N–H and O–H groups in total. The van der Waals surface area contributed by atoms with Crippen LogP contribution in [0.3, 0.4) is 0 Å². The van der Waals surface area contributed by atoms with Gasteiger partial charge in [0.25, 0.3) is 0 Å². The van der Waals surface area contributed by atoms with Gasteiger partial charge in [0.15, 0.2) is 0 Å². The molecule has 2 aromatic heterocycles. The molecule has 0 bridgehead atoms. The first kappa shape index (κ1) is 19.1. The number of aromatic amines is 1. The Morgan fingerprint density at radius 3 is 2.90 bits per heavy atom. The summed E-state index contributed by atoms with van der Waals surface area (Å²) in [4.78, 5) is 21.5. The number of H-pyrrole nitrogens is 1. The van der Waals surface area contributed by atoms with E-state index in [1.165, 1.54) is 17.7 Å². The van der Waals surface area contributed by atoms with Gasteiger partial charge in [-0.05, 0) is 47.9 Å². The molecule has 1 aromatic carbocycles. The lowest BCUT2D eigenvalue weighted by Gasteiger charge is -2.25. The van der Waals surface area contributed by atoms with Crippen LogP contribution in [-0.2, 0) is 4.79 Å². The predicted octanol–water partition coefficient (Wildman–Crippen LogP) is 3.21. The molecular weight excluding hydrogens is 371 g/mol. The SMILES string of the molecule is CNC(=O)CN1CC=C(c2cc3c(-c4cc(F)ccc4OC)ccnc3[nH]2)CC1. The molecule has 1 aliphatic heterocycles. The molecule has 1 amide bonds. The minimum atomic E-state index is -0.312. The smallest absolute Gasteiger partial charge is 0.233 e. The van der Waals surface area contributed by atoms with Crippen LogP contribution in [0.1, 0.15) is 12.1 Å². The van der Waals surface area contributed by atoms with E-state index in [0.29, 0.717) is 17.9 Å². The molecule has 4 rings (SSSR count). The van der Waals surface area contributed by atoms with Crippen LogP contribution in [0.5, 0.6) is 5.75 Å². The highest BCUT2D eigenvalue weighted by Crippen LogP contribution is 2.36. The molecule has 0 aliphatic carbocycles. The van der Waals surface area contributed by atoms with E-state index in [0.717, 1.165) is 41.8 Å². The fraction of sp³-hybridized carbons (Fsp3) is 0.273. The number of ether oxygens (including phenoxy) is 1. The van der Waals surface area contributed by atoms with Crippen LogP contribution in [0, 0.1) is 5.82 Å². The molecule has 0 atom stereocenters. The van der Waals surface area contributed by atoms with Crippen molar-refractivity contribution in [2.24, 2.45) is 0 Å². The van der Waals surface area contributed by atoms with Crippen molar-refractivity contribution in [3.63, 3.8) is 0 Å². The molecule has 0 radical (unpaired) electrons. The number of fused-ring (bicyclic) bond motifs is 1. The van der Waals surface area contributed by atoms with E-state index in [9.17, 15) is 9.18 Å². The number of hydrogen-bond donors (Lipinski definition) is 2. The van der Waals surface area contributed by atoms with Gasteiger partial charge in [-0.3, -0.25) is 9.69 Å². The lowest BCUT2D eigenvalue weighted by atomic mass is 10.0. The summed E-state index contributed by atoms with van der Waals surface area (Å²) in [5.41, 5.74) is 4.49. The first-order valence-electron chi connectivity index (χ1n) is 9.53. The first-order chi connectivity index (χ1) is 14.1. The molecule has 0 saturated heterocycles. The summed E-state index contributed by atoms with van der Waals surface area (Å²) >= 11 is 0. The number of carbonyl (C=O) groups excluding carboxylic acids is 1. The van der Waals surface area contributed by atoms with E-state index < -0.39 is 0 Å². The number of pyridine rings is 1. The van der Waals surface area contributed by atoms with Crippen LogP contribution in [0.25, 0.3) is 27.7 Å². The van der Waals surface area contributed by atoms with E-state index in [1.54, 1.807) is 26.4 Å². The highest BCUT2D eigenvalue weighted by atomic mass is 19.1. The Kier molecular flexibility index (Phi) is 5.31. The Balaban J connectivity index is 1.67. The number of benzene rings is 1. The second-order valence-electron chi connectivity index (χ2n) is 7.04. The Hall–Kier alpha value is -3.19. The van der Waals surface area contributed by atoms with Gasteiger partial charge in [-0.2, -0.15) is 0 Å². The van der Waals surface area contributed by atoms with Gasteiger partial charge in [-0.25, -0.2) is 9.37 Å². The molecule has 0 unspecified atom stereocenters. The van der Waals surface area contributed by atoms with Gasteiger partial charge in [0.05, 0.1) is 13.7 Å². The molecule has 0 spiro atoms. The fourth-order valence-electron chi connectivity index (χ4n) is 3.71. The molecule has 29 heavy (non-hydrogen) atoms. The van der Waals surface area contributed by atoms with Crippen LogP contribution >= 0.6 is 0 Å². The number of nitrogens with zero attached hydrogens (tertiary/aromatic N) is 2. The summed E-state index contributed by atoms with van der Waals surface area (Å²) < 4.78 is 19.3. The van der Waals surface area contributed by atoms with Crippen molar-refractivity contribution < 1.29 is 13.9 Å². The molecule has 6 nitrogen and oxygen atoms in total. The van der Waals surface area contributed by atoms with Gasteiger partial charge in [0.2, 0.25) is 5.91 Å². The van der Waals surface area contributed by atoms with Crippen molar-refractivity contribution in [2.75, 3.05) is 33.8 Å². The third kappa shape index (κ3) is 3.86. The maximum atomic E-state index is 13.9. The average Bonchev–Trinajstić information content (AvgIpc) is 3.18. The largest absolute Gasteiger partial charge is 0.496 e. The van der Waals surface area contributed by atoms with Crippen molar-refractivity contribution in [2.45, 2.75) is 6.42 Å². The highest BCUT2D eigenvalue weighted by molar-refractivity contribution is 5.96. The van der Waals surface area contributed by atoms with Crippen molar-refractivity contribution >= 4 is 22.5 Å². The van der Waals surface area contributed by atoms with Gasteiger partial charge in [0, 0.05) is 43.0 Å². The van der Waals surface area contributed by atoms with Crippen molar-refractivity contribution in [1.82, 2.24) is 20.2 Å². The van der Waals surface area contributed by atoms with E-state index >= 15 is 0 Å². The minimum absolute atomic E-state index is 0.0188. The lowest BCUT2D eigenvalue weighted by molar-refractivity contribution is -0.121. The number of carbonyl (C=O) groups is 1. The second-order valence-corrected chi connectivity index (χ2v) is 7.04. The van der Waals surface area contributed by atoms with Crippen LogP contribution < -0.4 is 10.1 Å². The fourth-order valence-corrected chi connectivity index (χ4v) is 3.71. The Bertz CT molecular complexity index is 1090. The number of rotatable bonds is 5. The number of methoxy groups -OCH3 is 1. The van der Waals surface area contributed by atoms with E-state index in [4.69, 9.17) is 4.74 Å². The first-order valence-corrected chi connectivity index (χ1v) is 9.53. The van der Waals surface area contributed by atoms with Gasteiger partial charge in [-0.1, -0.05) is 6.08 Å². The summed E-state index contributed by atoms with van der Waals surface area (Å²) in [6.07, 6.45) is 4.69. The molecule has 3 heterocycles. The van der Waals surface area contributed by atoms with Crippen molar-refractivity contribution in [1.29, 1.82) is 0 Å². The molecule has 1 aliphatic rings. The maximum Gasteiger partial charge on any atom is 0.233 e. The Morgan fingerprint density at radius 1 is 1.31 bits per heavy atom. The third-order valence-electron chi connectivity index (χ3n) is 5.27. The zero-order valence-electron chi connectivity index (χ0n) is 16.5.